The minimum Gasteiger partial charge on any atom is -0.495 e. The Labute approximate surface area is 133 Å². The van der Waals surface area contributed by atoms with Gasteiger partial charge in [0.05, 0.1) is 18.8 Å². The number of nitrogens with one attached hydrogen (secondary N) is 1. The molecule has 0 aliphatic carbocycles. The Morgan fingerprint density at radius 3 is 2.59 bits per heavy atom. The second-order valence-corrected chi connectivity index (χ2v) is 5.66. The van der Waals surface area contributed by atoms with Crippen LogP contribution in [-0.4, -0.2) is 56.7 Å². The largest absolute Gasteiger partial charge is 0.495 e. The second-order valence-electron chi connectivity index (χ2n) is 5.66. The number of nitrogens with zero attached hydrogens (tertiary/aromatic N) is 2. The molecule has 1 N–H and O–H groups in total. The van der Waals surface area contributed by atoms with Crippen LogP contribution in [0.2, 0.25) is 0 Å². The Hall–Kier alpha value is -1.75. The van der Waals surface area contributed by atoms with Crippen LogP contribution in [0.4, 0.5) is 5.69 Å². The second kappa shape index (κ2) is 8.03. The molecule has 0 spiro atoms. The van der Waals surface area contributed by atoms with Gasteiger partial charge >= 0.3 is 0 Å². The van der Waals surface area contributed by atoms with Gasteiger partial charge in [0.1, 0.15) is 5.75 Å². The topological polar surface area (TPSA) is 44.8 Å². The molecule has 0 radical (unpaired) electrons. The minimum atomic E-state index is -0.0635. The molecule has 5 nitrogen and oxygen atoms in total. The van der Waals surface area contributed by atoms with Gasteiger partial charge in [0.2, 0.25) is 5.91 Å². The van der Waals surface area contributed by atoms with Gasteiger partial charge in [-0.15, -0.1) is 0 Å². The maximum atomic E-state index is 12.1. The number of hydrogen-bond donors (Lipinski definition) is 1. The molecule has 1 saturated heterocycles. The van der Waals surface area contributed by atoms with Crippen LogP contribution in [0.15, 0.2) is 24.3 Å². The van der Waals surface area contributed by atoms with Gasteiger partial charge in [-0.05, 0) is 25.5 Å². The molecular weight excluding hydrogens is 278 g/mol. The third-order valence-electron chi connectivity index (χ3n) is 4.22. The van der Waals surface area contributed by atoms with Crippen molar-refractivity contribution in [1.82, 2.24) is 10.2 Å². The molecule has 22 heavy (non-hydrogen) atoms. The van der Waals surface area contributed by atoms with E-state index in [2.05, 4.69) is 28.1 Å². The van der Waals surface area contributed by atoms with Crippen LogP contribution >= 0.6 is 0 Å². The third-order valence-corrected chi connectivity index (χ3v) is 4.22. The molecule has 1 aliphatic rings. The van der Waals surface area contributed by atoms with Gasteiger partial charge in [-0.25, -0.2) is 0 Å². The maximum Gasteiger partial charge on any atom is 0.237 e. The fourth-order valence-electron chi connectivity index (χ4n) is 2.80. The summed E-state index contributed by atoms with van der Waals surface area (Å²) < 4.78 is 5.44. The van der Waals surface area contributed by atoms with Gasteiger partial charge < -0.3 is 15.0 Å². The lowest BCUT2D eigenvalue weighted by Gasteiger charge is -2.38. The molecule has 1 aliphatic heterocycles. The summed E-state index contributed by atoms with van der Waals surface area (Å²) in [5.74, 6) is 1.04. The van der Waals surface area contributed by atoms with Crippen LogP contribution in [-0.2, 0) is 4.79 Å². The number of benzene rings is 1. The van der Waals surface area contributed by atoms with Crippen LogP contribution < -0.4 is 15.0 Å². The average Bonchev–Trinajstić information content (AvgIpc) is 2.59. The zero-order chi connectivity index (χ0) is 15.9. The summed E-state index contributed by atoms with van der Waals surface area (Å²) in [6.45, 7) is 8.40. The monoisotopic (exact) mass is 305 g/mol. The zero-order valence-electron chi connectivity index (χ0n) is 13.8. The van der Waals surface area contributed by atoms with Crippen molar-refractivity contribution in [3.8, 4) is 5.75 Å². The number of carbonyl (C=O) groups excluding carboxylic acids is 1. The molecule has 0 bridgehead atoms. The summed E-state index contributed by atoms with van der Waals surface area (Å²) in [4.78, 5) is 16.6. The minimum absolute atomic E-state index is 0.0635. The Balaban J connectivity index is 1.91. The van der Waals surface area contributed by atoms with E-state index in [-0.39, 0.29) is 11.9 Å². The van der Waals surface area contributed by atoms with E-state index < -0.39 is 0 Å². The first-order valence-electron chi connectivity index (χ1n) is 8.07. The molecule has 2 rings (SSSR count). The Morgan fingerprint density at radius 1 is 1.27 bits per heavy atom. The standard InChI is InChI=1S/C17H27N3O2/c1-4-9-18-17(21)14(2)19-10-12-20(13-11-19)15-7-5-6-8-16(15)22-3/h5-8,14H,4,9-13H2,1-3H3,(H,18,21)/t14-/m0/s1. The highest BCUT2D eigenvalue weighted by atomic mass is 16.5. The van der Waals surface area contributed by atoms with Gasteiger partial charge in [-0.1, -0.05) is 19.1 Å². The third kappa shape index (κ3) is 3.91. The summed E-state index contributed by atoms with van der Waals surface area (Å²) in [6, 6.07) is 8.03. The van der Waals surface area contributed by atoms with E-state index in [1.165, 1.54) is 0 Å². The SMILES string of the molecule is CCCNC(=O)[C@H](C)N1CCN(c2ccccc2OC)CC1. The Kier molecular flexibility index (Phi) is 6.07. The molecule has 122 valence electrons. The molecule has 1 aromatic carbocycles. The fourth-order valence-corrected chi connectivity index (χ4v) is 2.80. The van der Waals surface area contributed by atoms with Gasteiger partial charge in [-0.2, -0.15) is 0 Å². The van der Waals surface area contributed by atoms with Crippen LogP contribution in [0.25, 0.3) is 0 Å². The lowest BCUT2D eigenvalue weighted by atomic mass is 10.2. The van der Waals surface area contributed by atoms with Crippen molar-refractivity contribution in [2.45, 2.75) is 26.3 Å². The molecule has 1 atom stereocenters. The average molecular weight is 305 g/mol. The number of ether oxygens (including phenoxy) is 1. The van der Waals surface area contributed by atoms with E-state index in [0.717, 1.165) is 50.6 Å². The molecular formula is C17H27N3O2. The van der Waals surface area contributed by atoms with Crippen molar-refractivity contribution >= 4 is 11.6 Å². The highest BCUT2D eigenvalue weighted by Gasteiger charge is 2.26. The first-order valence-corrected chi connectivity index (χ1v) is 8.07. The highest BCUT2D eigenvalue weighted by molar-refractivity contribution is 5.81. The van der Waals surface area contributed by atoms with Crippen LogP contribution in [0.3, 0.4) is 0 Å². The van der Waals surface area contributed by atoms with Crippen molar-refractivity contribution < 1.29 is 9.53 Å². The summed E-state index contributed by atoms with van der Waals surface area (Å²) >= 11 is 0. The van der Waals surface area contributed by atoms with Crippen molar-refractivity contribution in [3.63, 3.8) is 0 Å². The first-order chi connectivity index (χ1) is 10.7. The highest BCUT2D eigenvalue weighted by Crippen LogP contribution is 2.28. The van der Waals surface area contributed by atoms with Gasteiger partial charge in [0.25, 0.3) is 0 Å². The van der Waals surface area contributed by atoms with E-state index in [4.69, 9.17) is 4.74 Å². The molecule has 0 unspecified atom stereocenters. The lowest BCUT2D eigenvalue weighted by molar-refractivity contribution is -0.126. The smallest absolute Gasteiger partial charge is 0.237 e. The van der Waals surface area contributed by atoms with E-state index in [9.17, 15) is 4.79 Å². The number of amides is 1. The number of para-hydroxylation sites is 2. The molecule has 1 amide bonds. The predicted octanol–water partition coefficient (Wildman–Crippen LogP) is 1.73. The van der Waals surface area contributed by atoms with Crippen molar-refractivity contribution in [2.24, 2.45) is 0 Å². The summed E-state index contributed by atoms with van der Waals surface area (Å²) in [7, 11) is 1.70. The summed E-state index contributed by atoms with van der Waals surface area (Å²) in [5.41, 5.74) is 1.13. The Bertz CT molecular complexity index is 485. The van der Waals surface area contributed by atoms with E-state index in [0.29, 0.717) is 0 Å². The molecule has 1 aromatic rings. The molecule has 5 heteroatoms. The predicted molar refractivity (Wildman–Crippen MR) is 89.5 cm³/mol. The first kappa shape index (κ1) is 16.6. The van der Waals surface area contributed by atoms with Gasteiger partial charge in [-0.3, -0.25) is 9.69 Å². The lowest BCUT2D eigenvalue weighted by Crippen LogP contribution is -2.54. The van der Waals surface area contributed by atoms with Gasteiger partial charge in [0, 0.05) is 32.7 Å². The van der Waals surface area contributed by atoms with E-state index >= 15 is 0 Å². The van der Waals surface area contributed by atoms with Crippen molar-refractivity contribution in [1.29, 1.82) is 0 Å². The van der Waals surface area contributed by atoms with Crippen LogP contribution in [0.5, 0.6) is 5.75 Å². The number of piperazine rings is 1. The van der Waals surface area contributed by atoms with Crippen LogP contribution in [0, 0.1) is 0 Å². The zero-order valence-corrected chi connectivity index (χ0v) is 13.8. The Morgan fingerprint density at radius 2 is 1.95 bits per heavy atom. The maximum absolute atomic E-state index is 12.1. The van der Waals surface area contributed by atoms with Gasteiger partial charge in [0.15, 0.2) is 0 Å². The van der Waals surface area contributed by atoms with E-state index in [1.54, 1.807) is 7.11 Å². The van der Waals surface area contributed by atoms with Crippen molar-refractivity contribution in [3.05, 3.63) is 24.3 Å². The van der Waals surface area contributed by atoms with Crippen molar-refractivity contribution in [2.75, 3.05) is 44.7 Å². The normalized spacial score (nSPS) is 17.1. The number of rotatable bonds is 6. The van der Waals surface area contributed by atoms with Crippen LogP contribution in [0.1, 0.15) is 20.3 Å². The number of anilines is 1. The number of hydrogen-bond acceptors (Lipinski definition) is 4. The number of carbonyl (C=O) groups is 1. The van der Waals surface area contributed by atoms with E-state index in [1.807, 2.05) is 25.1 Å². The number of methoxy groups -OCH3 is 1. The summed E-state index contributed by atoms with van der Waals surface area (Å²) in [6.07, 6.45) is 0.972. The molecule has 0 aromatic heterocycles. The molecule has 0 saturated carbocycles. The quantitative estimate of drug-likeness (QED) is 0.869. The molecule has 1 fully saturated rings. The fraction of sp³-hybridized carbons (Fsp3) is 0.588. The molecule has 1 heterocycles. The summed E-state index contributed by atoms with van der Waals surface area (Å²) in [5, 5.41) is 2.98.